The van der Waals surface area contributed by atoms with Gasteiger partial charge in [-0.1, -0.05) is 12.1 Å². The topological polar surface area (TPSA) is 71.1 Å². The van der Waals surface area contributed by atoms with Gasteiger partial charge in [0.25, 0.3) is 0 Å². The monoisotopic (exact) mass is 301 g/mol. The lowest BCUT2D eigenvalue weighted by atomic mass is 10.1. The van der Waals surface area contributed by atoms with E-state index in [0.717, 1.165) is 11.1 Å². The number of carbonyl (C=O) groups is 2. The smallest absolute Gasteiger partial charge is 0.309 e. The first kappa shape index (κ1) is 15.6. The Morgan fingerprint density at radius 3 is 2.36 bits per heavy atom. The first-order valence-corrected chi connectivity index (χ1v) is 6.79. The van der Waals surface area contributed by atoms with Crippen molar-refractivity contribution < 1.29 is 14.0 Å². The van der Waals surface area contributed by atoms with E-state index >= 15 is 0 Å². The van der Waals surface area contributed by atoms with Crippen LogP contribution in [0.4, 0.5) is 4.39 Å². The van der Waals surface area contributed by atoms with Crippen molar-refractivity contribution in [3.8, 4) is 0 Å². The number of rotatable bonds is 4. The summed E-state index contributed by atoms with van der Waals surface area (Å²) in [6.07, 6.45) is 3.22. The van der Waals surface area contributed by atoms with Crippen LogP contribution in [-0.2, 0) is 16.1 Å². The molecular weight excluding hydrogens is 285 g/mol. The zero-order chi connectivity index (χ0) is 15.9. The van der Waals surface area contributed by atoms with Crippen LogP contribution in [0.3, 0.4) is 0 Å². The third-order valence-electron chi connectivity index (χ3n) is 3.13. The molecule has 5 nitrogen and oxygen atoms in total. The van der Waals surface area contributed by atoms with Crippen LogP contribution in [0.25, 0.3) is 0 Å². The van der Waals surface area contributed by atoms with Crippen LogP contribution in [0.2, 0.25) is 0 Å². The molecular formula is C16H16FN3O2. The van der Waals surface area contributed by atoms with Crippen LogP contribution in [-0.4, -0.2) is 16.8 Å². The summed E-state index contributed by atoms with van der Waals surface area (Å²) in [6.45, 7) is 1.97. The Kier molecular flexibility index (Phi) is 5.19. The molecule has 0 aliphatic carbocycles. The fourth-order valence-electron chi connectivity index (χ4n) is 1.86. The summed E-state index contributed by atoms with van der Waals surface area (Å²) < 4.78 is 12.8. The van der Waals surface area contributed by atoms with Crippen molar-refractivity contribution in [2.24, 2.45) is 0 Å². The number of hydrogen-bond acceptors (Lipinski definition) is 3. The normalized spacial score (nSPS) is 11.5. The average Bonchev–Trinajstić information content (AvgIpc) is 2.54. The van der Waals surface area contributed by atoms with E-state index in [9.17, 15) is 14.0 Å². The molecule has 6 heteroatoms. The van der Waals surface area contributed by atoms with Crippen LogP contribution < -0.4 is 10.6 Å². The maximum absolute atomic E-state index is 12.8. The molecule has 114 valence electrons. The van der Waals surface area contributed by atoms with Crippen molar-refractivity contribution in [1.29, 1.82) is 0 Å². The molecule has 1 aromatic carbocycles. The lowest BCUT2D eigenvalue weighted by Crippen LogP contribution is -2.40. The van der Waals surface area contributed by atoms with E-state index in [1.807, 2.05) is 0 Å². The Labute approximate surface area is 127 Å². The van der Waals surface area contributed by atoms with Gasteiger partial charge >= 0.3 is 11.8 Å². The Morgan fingerprint density at radius 1 is 1.09 bits per heavy atom. The molecule has 2 aromatic rings. The van der Waals surface area contributed by atoms with Crippen LogP contribution >= 0.6 is 0 Å². The van der Waals surface area contributed by atoms with E-state index in [1.54, 1.807) is 43.6 Å². The number of nitrogens with zero attached hydrogens (tertiary/aromatic N) is 1. The summed E-state index contributed by atoms with van der Waals surface area (Å²) in [5, 5.41) is 5.09. The molecule has 0 aliphatic heterocycles. The van der Waals surface area contributed by atoms with Gasteiger partial charge in [-0.15, -0.1) is 0 Å². The van der Waals surface area contributed by atoms with E-state index in [4.69, 9.17) is 0 Å². The Hall–Kier alpha value is -2.76. The van der Waals surface area contributed by atoms with E-state index in [2.05, 4.69) is 15.6 Å². The number of halogens is 1. The van der Waals surface area contributed by atoms with Gasteiger partial charge in [0, 0.05) is 18.9 Å². The number of amides is 2. The molecule has 0 unspecified atom stereocenters. The summed E-state index contributed by atoms with van der Waals surface area (Å²) in [5.41, 5.74) is 1.57. The standard InChI is InChI=1S/C16H16FN3O2/c1-11(13-2-4-14(17)5-3-13)20-16(22)15(21)19-10-12-6-8-18-9-7-12/h2-9,11H,10H2,1H3,(H,19,21)(H,20,22)/t11-/m0/s1. The van der Waals surface area contributed by atoms with Gasteiger partial charge < -0.3 is 10.6 Å². The molecule has 1 aromatic heterocycles. The third kappa shape index (κ3) is 4.37. The van der Waals surface area contributed by atoms with Crippen molar-refractivity contribution in [3.63, 3.8) is 0 Å². The average molecular weight is 301 g/mol. The quantitative estimate of drug-likeness (QED) is 0.845. The van der Waals surface area contributed by atoms with E-state index < -0.39 is 11.8 Å². The summed E-state index contributed by atoms with van der Waals surface area (Å²) >= 11 is 0. The molecule has 0 aliphatic rings. The minimum absolute atomic E-state index is 0.250. The fourth-order valence-corrected chi connectivity index (χ4v) is 1.86. The SMILES string of the molecule is C[C@H](NC(=O)C(=O)NCc1ccncc1)c1ccc(F)cc1. The minimum Gasteiger partial charge on any atom is -0.344 e. The first-order chi connectivity index (χ1) is 10.6. The fraction of sp³-hybridized carbons (Fsp3) is 0.188. The number of carbonyl (C=O) groups excluding carboxylic acids is 2. The highest BCUT2D eigenvalue weighted by Gasteiger charge is 2.16. The molecule has 1 atom stereocenters. The van der Waals surface area contributed by atoms with Gasteiger partial charge in [-0.3, -0.25) is 14.6 Å². The zero-order valence-electron chi connectivity index (χ0n) is 12.0. The number of benzene rings is 1. The number of aromatic nitrogens is 1. The van der Waals surface area contributed by atoms with E-state index in [-0.39, 0.29) is 18.4 Å². The molecule has 0 bridgehead atoms. The molecule has 0 spiro atoms. The zero-order valence-corrected chi connectivity index (χ0v) is 12.0. The van der Waals surface area contributed by atoms with Gasteiger partial charge in [0.1, 0.15) is 5.82 Å². The number of pyridine rings is 1. The van der Waals surface area contributed by atoms with Crippen LogP contribution in [0.15, 0.2) is 48.8 Å². The number of hydrogen-bond donors (Lipinski definition) is 2. The molecule has 22 heavy (non-hydrogen) atoms. The van der Waals surface area contributed by atoms with Crippen molar-refractivity contribution in [2.75, 3.05) is 0 Å². The van der Waals surface area contributed by atoms with Gasteiger partial charge in [-0.2, -0.15) is 0 Å². The van der Waals surface area contributed by atoms with Gasteiger partial charge in [0.15, 0.2) is 0 Å². The molecule has 1 heterocycles. The Bertz CT molecular complexity index is 644. The first-order valence-electron chi connectivity index (χ1n) is 6.79. The van der Waals surface area contributed by atoms with Gasteiger partial charge in [-0.25, -0.2) is 4.39 Å². The van der Waals surface area contributed by atoms with Crippen LogP contribution in [0.1, 0.15) is 24.1 Å². The van der Waals surface area contributed by atoms with Crippen molar-refractivity contribution in [3.05, 3.63) is 65.7 Å². The lowest BCUT2D eigenvalue weighted by molar-refractivity contribution is -0.139. The highest BCUT2D eigenvalue weighted by molar-refractivity contribution is 6.35. The maximum atomic E-state index is 12.8. The second-order valence-electron chi connectivity index (χ2n) is 4.78. The van der Waals surface area contributed by atoms with Gasteiger partial charge in [-0.05, 0) is 42.3 Å². The van der Waals surface area contributed by atoms with Crippen molar-refractivity contribution in [1.82, 2.24) is 15.6 Å². The summed E-state index contributed by atoms with van der Waals surface area (Å²) in [4.78, 5) is 27.4. The maximum Gasteiger partial charge on any atom is 0.309 e. The molecule has 2 rings (SSSR count). The Balaban J connectivity index is 1.85. The summed E-state index contributed by atoms with van der Waals surface area (Å²) in [7, 11) is 0. The number of nitrogens with one attached hydrogen (secondary N) is 2. The molecule has 0 radical (unpaired) electrons. The molecule has 0 saturated heterocycles. The minimum atomic E-state index is -0.731. The second kappa shape index (κ2) is 7.31. The van der Waals surface area contributed by atoms with E-state index in [1.165, 1.54) is 12.1 Å². The van der Waals surface area contributed by atoms with Crippen molar-refractivity contribution in [2.45, 2.75) is 19.5 Å². The predicted molar refractivity (Wildman–Crippen MR) is 79.0 cm³/mol. The summed E-state index contributed by atoms with van der Waals surface area (Å²) in [6, 6.07) is 8.85. The van der Waals surface area contributed by atoms with Gasteiger partial charge in [0.05, 0.1) is 6.04 Å². The lowest BCUT2D eigenvalue weighted by Gasteiger charge is -2.14. The highest BCUT2D eigenvalue weighted by atomic mass is 19.1. The Morgan fingerprint density at radius 2 is 1.73 bits per heavy atom. The van der Waals surface area contributed by atoms with Crippen LogP contribution in [0, 0.1) is 5.82 Å². The van der Waals surface area contributed by atoms with E-state index in [0.29, 0.717) is 0 Å². The largest absolute Gasteiger partial charge is 0.344 e. The third-order valence-corrected chi connectivity index (χ3v) is 3.13. The van der Waals surface area contributed by atoms with Crippen molar-refractivity contribution >= 4 is 11.8 Å². The summed E-state index contributed by atoms with van der Waals surface area (Å²) in [5.74, 6) is -1.80. The molecule has 2 N–H and O–H groups in total. The molecule has 0 fully saturated rings. The second-order valence-corrected chi connectivity index (χ2v) is 4.78. The molecule has 0 saturated carbocycles. The highest BCUT2D eigenvalue weighted by Crippen LogP contribution is 2.12. The van der Waals surface area contributed by atoms with Gasteiger partial charge in [0.2, 0.25) is 0 Å². The predicted octanol–water partition coefficient (Wildman–Crippen LogP) is 1.71. The van der Waals surface area contributed by atoms with Crippen LogP contribution in [0.5, 0.6) is 0 Å². The molecule has 2 amide bonds.